The lowest BCUT2D eigenvalue weighted by atomic mass is 10.0. The summed E-state index contributed by atoms with van der Waals surface area (Å²) >= 11 is 0. The van der Waals surface area contributed by atoms with E-state index in [4.69, 9.17) is 13.9 Å². The predicted molar refractivity (Wildman–Crippen MR) is 127 cm³/mol. The van der Waals surface area contributed by atoms with E-state index >= 15 is 0 Å². The molecule has 0 rings (SSSR count). The molecule has 3 atom stereocenters. The van der Waals surface area contributed by atoms with Crippen LogP contribution in [0.3, 0.4) is 0 Å². The van der Waals surface area contributed by atoms with Gasteiger partial charge in [0.2, 0.25) is 0 Å². The van der Waals surface area contributed by atoms with Crippen LogP contribution in [0.5, 0.6) is 0 Å². The number of methoxy groups -OCH3 is 3. The zero-order valence-corrected chi connectivity index (χ0v) is 21.7. The molecule has 0 saturated heterocycles. The van der Waals surface area contributed by atoms with Crippen molar-refractivity contribution in [1.82, 2.24) is 0 Å². The first-order valence-corrected chi connectivity index (χ1v) is 15.2. The minimum atomic E-state index is -1.74. The second-order valence-electron chi connectivity index (χ2n) is 8.98. The second kappa shape index (κ2) is 17.9. The van der Waals surface area contributed by atoms with Gasteiger partial charge in [-0.15, -0.1) is 0 Å². The Labute approximate surface area is 187 Å². The fraction of sp³-hybridized carbons (Fsp3) is 0.875. The van der Waals surface area contributed by atoms with Crippen LogP contribution in [-0.2, 0) is 23.4 Å². The number of hydrogen-bond acceptors (Lipinski definition) is 5. The monoisotopic (exact) mass is 444 g/mol. The number of allylic oxidation sites excluding steroid dienone is 1. The Hall–Kier alpha value is -0.693. The van der Waals surface area contributed by atoms with Gasteiger partial charge < -0.3 is 18.6 Å². The fourth-order valence-electron chi connectivity index (χ4n) is 3.49. The fourth-order valence-corrected chi connectivity index (χ4v) is 4.59. The van der Waals surface area contributed by atoms with Crippen LogP contribution in [0.4, 0.5) is 0 Å². The van der Waals surface area contributed by atoms with Gasteiger partial charge in [-0.1, -0.05) is 57.6 Å². The molecule has 0 N–H and O–H groups in total. The lowest BCUT2D eigenvalue weighted by Gasteiger charge is -2.35. The lowest BCUT2D eigenvalue weighted by Crippen LogP contribution is -2.47. The van der Waals surface area contributed by atoms with Crippen LogP contribution in [0.25, 0.3) is 0 Å². The number of carbonyl (C=O) groups is 1. The summed E-state index contributed by atoms with van der Waals surface area (Å²) in [5.74, 6) is -0.109. The normalized spacial score (nSPS) is 15.3. The molecule has 0 heterocycles. The molecule has 6 heteroatoms. The largest absolute Gasteiger partial charge is 0.469 e. The van der Waals surface area contributed by atoms with Crippen molar-refractivity contribution in [2.24, 2.45) is 0 Å². The van der Waals surface area contributed by atoms with Gasteiger partial charge in [-0.3, -0.25) is 4.79 Å². The molecule has 0 aliphatic carbocycles. The molecule has 0 amide bonds. The second-order valence-corrected chi connectivity index (χ2v) is 13.4. The Bertz CT molecular complexity index is 447. The van der Waals surface area contributed by atoms with Crippen LogP contribution in [0, 0.1) is 0 Å². The molecule has 0 aromatic rings. The van der Waals surface area contributed by atoms with E-state index < -0.39 is 8.32 Å². The Balaban J connectivity index is 4.57. The molecule has 30 heavy (non-hydrogen) atoms. The van der Waals surface area contributed by atoms with Gasteiger partial charge in [0, 0.05) is 20.6 Å². The Morgan fingerprint density at radius 3 is 2.13 bits per heavy atom. The molecule has 0 aliphatic rings. The van der Waals surface area contributed by atoms with Gasteiger partial charge in [0.15, 0.2) is 8.32 Å². The van der Waals surface area contributed by atoms with Crippen molar-refractivity contribution < 1.29 is 23.4 Å². The maximum absolute atomic E-state index is 11.1. The highest BCUT2D eigenvalue weighted by Gasteiger charge is 2.33. The summed E-state index contributed by atoms with van der Waals surface area (Å²) in [6.45, 7) is 8.87. The first-order valence-electron chi connectivity index (χ1n) is 11.8. The van der Waals surface area contributed by atoms with Crippen molar-refractivity contribution in [1.29, 1.82) is 0 Å². The van der Waals surface area contributed by atoms with Gasteiger partial charge in [0.25, 0.3) is 0 Å². The highest BCUT2D eigenvalue weighted by atomic mass is 28.4. The summed E-state index contributed by atoms with van der Waals surface area (Å²) < 4.78 is 22.9. The van der Waals surface area contributed by atoms with Crippen molar-refractivity contribution in [2.75, 3.05) is 21.3 Å². The topological polar surface area (TPSA) is 54.0 Å². The zero-order chi connectivity index (χ0) is 22.8. The molecular formula is C24H48O5Si. The minimum absolute atomic E-state index is 0.0488. The smallest absolute Gasteiger partial charge is 0.305 e. The van der Waals surface area contributed by atoms with E-state index in [1.165, 1.54) is 26.4 Å². The first-order chi connectivity index (χ1) is 14.3. The average Bonchev–Trinajstić information content (AvgIpc) is 2.70. The third kappa shape index (κ3) is 15.2. The highest BCUT2D eigenvalue weighted by Crippen LogP contribution is 2.22. The molecule has 0 unspecified atom stereocenters. The van der Waals surface area contributed by atoms with E-state index in [0.717, 1.165) is 44.9 Å². The quantitative estimate of drug-likeness (QED) is 0.102. The molecule has 0 aliphatic heterocycles. The molecule has 0 aromatic heterocycles. The molecule has 0 bridgehead atoms. The van der Waals surface area contributed by atoms with Gasteiger partial charge in [-0.2, -0.15) is 0 Å². The molecule has 0 aromatic carbocycles. The Morgan fingerprint density at radius 1 is 0.900 bits per heavy atom. The Kier molecular flexibility index (Phi) is 17.5. The predicted octanol–water partition coefficient (Wildman–Crippen LogP) is 6.28. The lowest BCUT2D eigenvalue weighted by molar-refractivity contribution is -0.140. The number of esters is 1. The van der Waals surface area contributed by atoms with Crippen molar-refractivity contribution in [3.63, 3.8) is 0 Å². The van der Waals surface area contributed by atoms with Gasteiger partial charge in [0.1, 0.15) is 12.2 Å². The number of unbranched alkanes of at least 4 members (excludes halogenated alkanes) is 7. The van der Waals surface area contributed by atoms with Gasteiger partial charge in [0.05, 0.1) is 13.2 Å². The van der Waals surface area contributed by atoms with Crippen LogP contribution in [0.1, 0.15) is 77.6 Å². The summed E-state index contributed by atoms with van der Waals surface area (Å²) in [5.41, 5.74) is 0. The standard InChI is InChI=1S/C24H48O5Si/c1-8-9-15-18-21(26-2)24(29-30(5,6)7)22(27-3)19-16-13-11-10-12-14-17-20-23(25)28-4/h16,19,21-22,24H,8-15,17-18,20H2,1-7H3/b19-16-/t21-,22-,24-/m1/s1. The zero-order valence-electron chi connectivity index (χ0n) is 20.7. The molecule has 0 radical (unpaired) electrons. The SMILES string of the molecule is CCCCC[C@@H](OC)[C@@H](O[Si](C)(C)C)[C@@H](/C=C\CCCCCCCC(=O)OC)OC. The Morgan fingerprint density at radius 2 is 1.57 bits per heavy atom. The van der Waals surface area contributed by atoms with Crippen molar-refractivity contribution >= 4 is 14.3 Å². The third-order valence-electron chi connectivity index (χ3n) is 5.15. The van der Waals surface area contributed by atoms with Crippen molar-refractivity contribution in [3.8, 4) is 0 Å². The van der Waals surface area contributed by atoms with Gasteiger partial charge in [-0.05, 0) is 45.3 Å². The number of ether oxygens (including phenoxy) is 3. The maximum Gasteiger partial charge on any atom is 0.305 e. The maximum atomic E-state index is 11.1. The summed E-state index contributed by atoms with van der Waals surface area (Å²) in [6.07, 6.45) is 15.9. The van der Waals surface area contributed by atoms with Gasteiger partial charge in [-0.25, -0.2) is 0 Å². The van der Waals surface area contributed by atoms with E-state index in [1.807, 2.05) is 0 Å². The van der Waals surface area contributed by atoms with Crippen LogP contribution >= 0.6 is 0 Å². The van der Waals surface area contributed by atoms with Crippen LogP contribution in [0.15, 0.2) is 12.2 Å². The summed E-state index contributed by atoms with van der Waals surface area (Å²) in [6, 6.07) is 0. The van der Waals surface area contributed by atoms with Crippen LogP contribution < -0.4 is 0 Å². The average molecular weight is 445 g/mol. The van der Waals surface area contributed by atoms with E-state index in [-0.39, 0.29) is 24.3 Å². The number of carbonyl (C=O) groups excluding carboxylic acids is 1. The summed E-state index contributed by atoms with van der Waals surface area (Å²) in [7, 11) is 3.25. The first kappa shape index (κ1) is 29.3. The molecular weight excluding hydrogens is 396 g/mol. The van der Waals surface area contributed by atoms with Crippen molar-refractivity contribution in [3.05, 3.63) is 12.2 Å². The van der Waals surface area contributed by atoms with E-state index in [9.17, 15) is 4.79 Å². The number of rotatable bonds is 19. The van der Waals surface area contributed by atoms with Crippen molar-refractivity contribution in [2.45, 2.75) is 116 Å². The van der Waals surface area contributed by atoms with E-state index in [0.29, 0.717) is 6.42 Å². The van der Waals surface area contributed by atoms with Gasteiger partial charge >= 0.3 is 5.97 Å². The molecule has 5 nitrogen and oxygen atoms in total. The number of hydrogen-bond donors (Lipinski definition) is 0. The molecule has 0 saturated carbocycles. The summed E-state index contributed by atoms with van der Waals surface area (Å²) in [4.78, 5) is 11.1. The molecule has 0 spiro atoms. The molecule has 0 fully saturated rings. The van der Waals surface area contributed by atoms with E-state index in [1.54, 1.807) is 14.2 Å². The van der Waals surface area contributed by atoms with E-state index in [2.05, 4.69) is 43.5 Å². The summed E-state index contributed by atoms with van der Waals surface area (Å²) in [5, 5.41) is 0. The molecule has 178 valence electrons. The highest BCUT2D eigenvalue weighted by molar-refractivity contribution is 6.69. The van der Waals surface area contributed by atoms with Crippen LogP contribution in [-0.4, -0.2) is 53.9 Å². The third-order valence-corrected chi connectivity index (χ3v) is 6.13. The minimum Gasteiger partial charge on any atom is -0.469 e. The van der Waals surface area contributed by atoms with Crippen LogP contribution in [0.2, 0.25) is 19.6 Å².